The standard InChI is InChI=1S/C10H8BrF3O/c1-6(11)9(15)7-3-2-4-8(5-7)10(12,13)14/h2-6H,1H3/t6-/m1/s1. The lowest BCUT2D eigenvalue weighted by molar-refractivity contribution is -0.137. The van der Waals surface area contributed by atoms with Crippen molar-refractivity contribution >= 4 is 21.7 Å². The van der Waals surface area contributed by atoms with Crippen molar-refractivity contribution in [3.63, 3.8) is 0 Å². The third-order valence-electron chi connectivity index (χ3n) is 1.84. The predicted molar refractivity (Wildman–Crippen MR) is 54.2 cm³/mol. The second-order valence-corrected chi connectivity index (χ2v) is 4.43. The molecule has 0 bridgehead atoms. The molecule has 15 heavy (non-hydrogen) atoms. The molecule has 0 aliphatic rings. The first-order valence-corrected chi connectivity index (χ1v) is 5.09. The summed E-state index contributed by atoms with van der Waals surface area (Å²) in [6.07, 6.45) is -4.41. The Morgan fingerprint density at radius 1 is 1.40 bits per heavy atom. The second-order valence-electron chi connectivity index (χ2n) is 3.06. The fourth-order valence-electron chi connectivity index (χ4n) is 1.08. The second kappa shape index (κ2) is 4.35. The maximum Gasteiger partial charge on any atom is 0.416 e. The third-order valence-corrected chi connectivity index (χ3v) is 2.25. The Labute approximate surface area is 93.4 Å². The van der Waals surface area contributed by atoms with E-state index in [4.69, 9.17) is 0 Å². The van der Waals surface area contributed by atoms with Crippen molar-refractivity contribution < 1.29 is 18.0 Å². The number of hydrogen-bond acceptors (Lipinski definition) is 1. The van der Waals surface area contributed by atoms with Gasteiger partial charge in [-0.25, -0.2) is 0 Å². The Bertz CT molecular complexity index is 371. The van der Waals surface area contributed by atoms with Crippen LogP contribution in [0.25, 0.3) is 0 Å². The van der Waals surface area contributed by atoms with Crippen molar-refractivity contribution in [2.75, 3.05) is 0 Å². The molecule has 82 valence electrons. The highest BCUT2D eigenvalue weighted by Gasteiger charge is 2.31. The molecule has 0 saturated carbocycles. The summed E-state index contributed by atoms with van der Waals surface area (Å²) in [5.41, 5.74) is -0.740. The summed E-state index contributed by atoms with van der Waals surface area (Å²) < 4.78 is 36.9. The van der Waals surface area contributed by atoms with E-state index in [1.165, 1.54) is 12.1 Å². The van der Waals surface area contributed by atoms with Crippen LogP contribution in [0.1, 0.15) is 22.8 Å². The van der Waals surface area contributed by atoms with Crippen LogP contribution in [0.15, 0.2) is 24.3 Å². The molecule has 0 N–H and O–H groups in total. The summed E-state index contributed by atoms with van der Waals surface area (Å²) in [5, 5.41) is 0. The predicted octanol–water partition coefficient (Wildman–Crippen LogP) is 3.67. The van der Waals surface area contributed by atoms with Gasteiger partial charge < -0.3 is 0 Å². The van der Waals surface area contributed by atoms with E-state index in [1.807, 2.05) is 0 Å². The van der Waals surface area contributed by atoms with Gasteiger partial charge in [-0.2, -0.15) is 13.2 Å². The molecule has 1 aromatic rings. The van der Waals surface area contributed by atoms with Gasteiger partial charge >= 0.3 is 6.18 Å². The zero-order valence-corrected chi connectivity index (χ0v) is 9.39. The van der Waals surface area contributed by atoms with E-state index in [0.717, 1.165) is 12.1 Å². The zero-order chi connectivity index (χ0) is 11.6. The summed E-state index contributed by atoms with van der Waals surface area (Å²) in [4.78, 5) is 10.9. The average Bonchev–Trinajstić information content (AvgIpc) is 2.15. The number of Topliss-reactive ketones (excluding diaryl/α,β-unsaturated/α-hetero) is 1. The zero-order valence-electron chi connectivity index (χ0n) is 7.81. The smallest absolute Gasteiger partial charge is 0.293 e. The minimum Gasteiger partial charge on any atom is -0.293 e. The normalized spacial score (nSPS) is 13.7. The number of ketones is 1. The molecule has 1 nitrogen and oxygen atoms in total. The Morgan fingerprint density at radius 3 is 2.47 bits per heavy atom. The van der Waals surface area contributed by atoms with Gasteiger partial charge in [-0.15, -0.1) is 0 Å². The van der Waals surface area contributed by atoms with Crippen LogP contribution in [0.2, 0.25) is 0 Å². The first-order valence-electron chi connectivity index (χ1n) is 4.18. The van der Waals surface area contributed by atoms with Crippen LogP contribution in [0.4, 0.5) is 13.2 Å². The molecule has 1 rings (SSSR count). The maximum atomic E-state index is 12.3. The van der Waals surface area contributed by atoms with Crippen LogP contribution < -0.4 is 0 Å². The summed E-state index contributed by atoms with van der Waals surface area (Å²) in [5.74, 6) is -0.360. The van der Waals surface area contributed by atoms with Gasteiger partial charge in [0.05, 0.1) is 10.4 Å². The first kappa shape index (κ1) is 12.2. The van der Waals surface area contributed by atoms with Gasteiger partial charge in [0.25, 0.3) is 0 Å². The van der Waals surface area contributed by atoms with Crippen molar-refractivity contribution in [3.8, 4) is 0 Å². The van der Waals surface area contributed by atoms with Gasteiger partial charge in [0.1, 0.15) is 0 Å². The largest absolute Gasteiger partial charge is 0.416 e. The minimum absolute atomic E-state index is 0.0641. The molecule has 0 radical (unpaired) electrons. The van der Waals surface area contributed by atoms with Crippen LogP contribution in [-0.2, 0) is 6.18 Å². The molecular weight excluding hydrogens is 273 g/mol. The van der Waals surface area contributed by atoms with Crippen molar-refractivity contribution in [3.05, 3.63) is 35.4 Å². The third kappa shape index (κ3) is 3.06. The monoisotopic (exact) mass is 280 g/mol. The molecule has 1 aromatic carbocycles. The van der Waals surface area contributed by atoms with Gasteiger partial charge in [0.2, 0.25) is 0 Å². The van der Waals surface area contributed by atoms with E-state index in [2.05, 4.69) is 15.9 Å². The molecular formula is C10H8BrF3O. The number of benzene rings is 1. The molecule has 0 saturated heterocycles. The molecule has 0 aromatic heterocycles. The highest BCUT2D eigenvalue weighted by Crippen LogP contribution is 2.29. The van der Waals surface area contributed by atoms with Crippen molar-refractivity contribution in [2.45, 2.75) is 17.9 Å². The van der Waals surface area contributed by atoms with Crippen LogP contribution in [0.3, 0.4) is 0 Å². The molecule has 0 spiro atoms. The molecule has 5 heteroatoms. The number of halogens is 4. The SMILES string of the molecule is C[C@@H](Br)C(=O)c1cccc(C(F)(F)F)c1. The molecule has 0 fully saturated rings. The molecule has 0 aliphatic carbocycles. The van der Waals surface area contributed by atoms with Gasteiger partial charge in [-0.05, 0) is 19.1 Å². The van der Waals surface area contributed by atoms with E-state index < -0.39 is 16.6 Å². The van der Waals surface area contributed by atoms with E-state index >= 15 is 0 Å². The Morgan fingerprint density at radius 2 is 2.00 bits per heavy atom. The van der Waals surface area contributed by atoms with Crippen LogP contribution in [-0.4, -0.2) is 10.6 Å². The number of rotatable bonds is 2. The lowest BCUT2D eigenvalue weighted by atomic mass is 10.1. The Kier molecular flexibility index (Phi) is 3.54. The van der Waals surface area contributed by atoms with Gasteiger partial charge in [-0.1, -0.05) is 28.1 Å². The summed E-state index contributed by atoms with van der Waals surface area (Å²) >= 11 is 3.02. The Hall–Kier alpha value is -0.840. The summed E-state index contributed by atoms with van der Waals surface area (Å²) in [7, 11) is 0. The lowest BCUT2D eigenvalue weighted by Crippen LogP contribution is -2.12. The molecule has 0 aliphatic heterocycles. The maximum absolute atomic E-state index is 12.3. The van der Waals surface area contributed by atoms with E-state index in [-0.39, 0.29) is 11.3 Å². The fourth-order valence-corrected chi connectivity index (χ4v) is 1.34. The molecule has 0 amide bonds. The van der Waals surface area contributed by atoms with E-state index in [9.17, 15) is 18.0 Å². The highest BCUT2D eigenvalue weighted by atomic mass is 79.9. The number of carbonyl (C=O) groups excluding carboxylic acids is 1. The van der Waals surface area contributed by atoms with Gasteiger partial charge in [0.15, 0.2) is 5.78 Å². The van der Waals surface area contributed by atoms with Crippen LogP contribution in [0, 0.1) is 0 Å². The highest BCUT2D eigenvalue weighted by molar-refractivity contribution is 9.10. The molecule has 1 atom stereocenters. The molecule has 0 heterocycles. The topological polar surface area (TPSA) is 17.1 Å². The first-order chi connectivity index (χ1) is 6.82. The minimum atomic E-state index is -4.41. The fraction of sp³-hybridized carbons (Fsp3) is 0.300. The Balaban J connectivity index is 3.09. The van der Waals surface area contributed by atoms with E-state index in [1.54, 1.807) is 6.92 Å². The molecule has 0 unspecified atom stereocenters. The van der Waals surface area contributed by atoms with E-state index in [0.29, 0.717) is 0 Å². The van der Waals surface area contributed by atoms with Crippen molar-refractivity contribution in [1.29, 1.82) is 0 Å². The van der Waals surface area contributed by atoms with Gasteiger partial charge in [0, 0.05) is 5.56 Å². The lowest BCUT2D eigenvalue weighted by Gasteiger charge is -2.08. The van der Waals surface area contributed by atoms with Crippen LogP contribution in [0.5, 0.6) is 0 Å². The summed E-state index contributed by atoms with van der Waals surface area (Å²) in [6.45, 7) is 1.57. The summed E-state index contributed by atoms with van der Waals surface area (Å²) in [6, 6.07) is 4.40. The van der Waals surface area contributed by atoms with Gasteiger partial charge in [-0.3, -0.25) is 4.79 Å². The number of hydrogen-bond donors (Lipinski definition) is 0. The number of alkyl halides is 4. The average molecular weight is 281 g/mol. The quantitative estimate of drug-likeness (QED) is 0.597. The van der Waals surface area contributed by atoms with Crippen LogP contribution >= 0.6 is 15.9 Å². The van der Waals surface area contributed by atoms with Crippen molar-refractivity contribution in [2.24, 2.45) is 0 Å². The van der Waals surface area contributed by atoms with Crippen molar-refractivity contribution in [1.82, 2.24) is 0 Å². The number of carbonyl (C=O) groups is 1.